The molecular formula is C14H23NO. The zero-order valence-electron chi connectivity index (χ0n) is 10.4. The third-order valence-corrected chi connectivity index (χ3v) is 2.54. The summed E-state index contributed by atoms with van der Waals surface area (Å²) in [5.74, 6) is 0.730. The Kier molecular flexibility index (Phi) is 5.94. The van der Waals surface area contributed by atoms with Crippen LogP contribution in [-0.4, -0.2) is 13.2 Å². The van der Waals surface area contributed by atoms with Gasteiger partial charge >= 0.3 is 0 Å². The van der Waals surface area contributed by atoms with Crippen LogP contribution in [0.15, 0.2) is 24.3 Å². The van der Waals surface area contributed by atoms with Crippen LogP contribution in [0.3, 0.4) is 0 Å². The first-order valence-corrected chi connectivity index (χ1v) is 6.10. The first-order chi connectivity index (χ1) is 7.68. The highest BCUT2D eigenvalue weighted by atomic mass is 16.5. The lowest BCUT2D eigenvalue weighted by Gasteiger charge is -2.06. The fourth-order valence-corrected chi connectivity index (χ4v) is 1.55. The van der Waals surface area contributed by atoms with Gasteiger partial charge in [0, 0.05) is 18.9 Å². The highest BCUT2D eigenvalue weighted by Gasteiger charge is 1.96. The van der Waals surface area contributed by atoms with Crippen molar-refractivity contribution in [1.82, 2.24) is 0 Å². The molecule has 0 radical (unpaired) electrons. The summed E-state index contributed by atoms with van der Waals surface area (Å²) >= 11 is 0. The van der Waals surface area contributed by atoms with Crippen LogP contribution < -0.4 is 5.73 Å². The van der Waals surface area contributed by atoms with E-state index < -0.39 is 0 Å². The van der Waals surface area contributed by atoms with Crippen LogP contribution in [0, 0.1) is 5.92 Å². The molecule has 2 nitrogen and oxygen atoms in total. The van der Waals surface area contributed by atoms with Crippen LogP contribution in [0.2, 0.25) is 0 Å². The van der Waals surface area contributed by atoms with E-state index in [9.17, 15) is 0 Å². The van der Waals surface area contributed by atoms with E-state index in [0.717, 1.165) is 44.1 Å². The molecule has 0 atom stereocenters. The van der Waals surface area contributed by atoms with Crippen molar-refractivity contribution in [3.63, 3.8) is 0 Å². The predicted octanol–water partition coefficient (Wildman–Crippen LogP) is 3.26. The lowest BCUT2D eigenvalue weighted by molar-refractivity contribution is 0.121. The number of ether oxygens (including phenoxy) is 1. The Hall–Kier alpha value is -1.02. The zero-order valence-corrected chi connectivity index (χ0v) is 10.4. The van der Waals surface area contributed by atoms with E-state index in [1.165, 1.54) is 5.56 Å². The summed E-state index contributed by atoms with van der Waals surface area (Å²) in [4.78, 5) is 0. The van der Waals surface area contributed by atoms with Gasteiger partial charge < -0.3 is 10.5 Å². The van der Waals surface area contributed by atoms with Crippen LogP contribution >= 0.6 is 0 Å². The van der Waals surface area contributed by atoms with Crippen LogP contribution in [0.4, 0.5) is 5.69 Å². The Balaban J connectivity index is 2.07. The van der Waals surface area contributed by atoms with Crippen LogP contribution in [0.25, 0.3) is 0 Å². The second-order valence-corrected chi connectivity index (χ2v) is 4.64. The molecule has 0 saturated heterocycles. The third kappa shape index (κ3) is 5.76. The predicted molar refractivity (Wildman–Crippen MR) is 69.4 cm³/mol. The lowest BCUT2D eigenvalue weighted by Crippen LogP contribution is -2.01. The molecule has 0 amide bonds. The molecule has 0 bridgehead atoms. The van der Waals surface area contributed by atoms with E-state index in [4.69, 9.17) is 10.5 Å². The summed E-state index contributed by atoms with van der Waals surface area (Å²) in [6.45, 7) is 6.17. The minimum atomic E-state index is 0.730. The fraction of sp³-hybridized carbons (Fsp3) is 0.571. The van der Waals surface area contributed by atoms with E-state index in [0.29, 0.717) is 0 Å². The monoisotopic (exact) mass is 221 g/mol. The van der Waals surface area contributed by atoms with E-state index in [1.807, 2.05) is 18.2 Å². The molecule has 0 aliphatic carbocycles. The normalized spacial score (nSPS) is 10.9. The minimum Gasteiger partial charge on any atom is -0.399 e. The number of nitrogens with two attached hydrogens (primary N) is 1. The van der Waals surface area contributed by atoms with Gasteiger partial charge in [-0.25, -0.2) is 0 Å². The topological polar surface area (TPSA) is 35.2 Å². The molecule has 1 rings (SSSR count). The Morgan fingerprint density at radius 1 is 1.25 bits per heavy atom. The fourth-order valence-electron chi connectivity index (χ4n) is 1.55. The number of anilines is 1. The Labute approximate surface area is 98.8 Å². The largest absolute Gasteiger partial charge is 0.399 e. The van der Waals surface area contributed by atoms with Gasteiger partial charge in [-0.1, -0.05) is 26.0 Å². The maximum Gasteiger partial charge on any atom is 0.0469 e. The Bertz CT molecular complexity index is 297. The second-order valence-electron chi connectivity index (χ2n) is 4.64. The molecule has 16 heavy (non-hydrogen) atoms. The summed E-state index contributed by atoms with van der Waals surface area (Å²) in [6.07, 6.45) is 3.27. The van der Waals surface area contributed by atoms with Gasteiger partial charge in [0.25, 0.3) is 0 Å². The van der Waals surface area contributed by atoms with Gasteiger partial charge in [-0.05, 0) is 42.9 Å². The molecule has 0 saturated carbocycles. The van der Waals surface area contributed by atoms with E-state index in [1.54, 1.807) is 0 Å². The molecule has 90 valence electrons. The average Bonchev–Trinajstić information content (AvgIpc) is 2.23. The highest BCUT2D eigenvalue weighted by molar-refractivity contribution is 5.40. The van der Waals surface area contributed by atoms with Crippen molar-refractivity contribution in [2.75, 3.05) is 18.9 Å². The maximum absolute atomic E-state index is 5.71. The molecule has 0 heterocycles. The number of hydrogen-bond acceptors (Lipinski definition) is 2. The molecule has 0 fully saturated rings. The van der Waals surface area contributed by atoms with Crippen molar-refractivity contribution in [1.29, 1.82) is 0 Å². The number of hydrogen-bond donors (Lipinski definition) is 1. The molecule has 0 spiro atoms. The molecule has 0 aliphatic rings. The Morgan fingerprint density at radius 3 is 2.75 bits per heavy atom. The molecule has 0 aliphatic heterocycles. The third-order valence-electron chi connectivity index (χ3n) is 2.54. The van der Waals surface area contributed by atoms with Gasteiger partial charge in [-0.2, -0.15) is 0 Å². The molecule has 2 N–H and O–H groups in total. The number of rotatable bonds is 7. The maximum atomic E-state index is 5.71. The quantitative estimate of drug-likeness (QED) is 0.566. The van der Waals surface area contributed by atoms with Crippen molar-refractivity contribution < 1.29 is 4.74 Å². The van der Waals surface area contributed by atoms with Gasteiger partial charge in [-0.15, -0.1) is 0 Å². The van der Waals surface area contributed by atoms with Gasteiger partial charge in [0.15, 0.2) is 0 Å². The lowest BCUT2D eigenvalue weighted by atomic mass is 10.1. The van der Waals surface area contributed by atoms with Gasteiger partial charge in [-0.3, -0.25) is 0 Å². The van der Waals surface area contributed by atoms with Gasteiger partial charge in [0.2, 0.25) is 0 Å². The summed E-state index contributed by atoms with van der Waals surface area (Å²) in [5.41, 5.74) is 7.86. The second kappa shape index (κ2) is 7.29. The number of benzene rings is 1. The van der Waals surface area contributed by atoms with Crippen molar-refractivity contribution in [2.45, 2.75) is 33.1 Å². The zero-order chi connectivity index (χ0) is 11.8. The van der Waals surface area contributed by atoms with Crippen LogP contribution in [-0.2, 0) is 11.2 Å². The van der Waals surface area contributed by atoms with Crippen molar-refractivity contribution in [3.05, 3.63) is 29.8 Å². The number of nitrogen functional groups attached to an aromatic ring is 1. The molecule has 1 aromatic carbocycles. The first kappa shape index (κ1) is 13.0. The molecular weight excluding hydrogens is 198 g/mol. The highest BCUT2D eigenvalue weighted by Crippen LogP contribution is 2.08. The van der Waals surface area contributed by atoms with Crippen molar-refractivity contribution in [2.24, 2.45) is 5.92 Å². The molecule has 1 aromatic rings. The number of aryl methyl sites for hydroxylation is 1. The molecule has 0 aromatic heterocycles. The van der Waals surface area contributed by atoms with Crippen LogP contribution in [0.5, 0.6) is 0 Å². The van der Waals surface area contributed by atoms with E-state index >= 15 is 0 Å². The molecule has 0 unspecified atom stereocenters. The summed E-state index contributed by atoms with van der Waals surface area (Å²) in [7, 11) is 0. The summed E-state index contributed by atoms with van der Waals surface area (Å²) in [6, 6.07) is 8.07. The van der Waals surface area contributed by atoms with Crippen molar-refractivity contribution >= 4 is 5.69 Å². The summed E-state index contributed by atoms with van der Waals surface area (Å²) < 4.78 is 5.57. The molecule has 2 heteroatoms. The van der Waals surface area contributed by atoms with Gasteiger partial charge in [0.1, 0.15) is 0 Å². The smallest absolute Gasteiger partial charge is 0.0469 e. The van der Waals surface area contributed by atoms with E-state index in [2.05, 4.69) is 19.9 Å². The van der Waals surface area contributed by atoms with Crippen LogP contribution in [0.1, 0.15) is 32.3 Å². The standard InChI is InChI=1S/C14H23NO/c1-12(2)8-10-16-9-4-6-13-5-3-7-14(15)11-13/h3,5,7,11-12H,4,6,8-10,15H2,1-2H3. The Morgan fingerprint density at radius 2 is 2.06 bits per heavy atom. The summed E-state index contributed by atoms with van der Waals surface area (Å²) in [5, 5.41) is 0. The van der Waals surface area contributed by atoms with E-state index in [-0.39, 0.29) is 0 Å². The SMILES string of the molecule is CC(C)CCOCCCc1cccc(N)c1. The van der Waals surface area contributed by atoms with Gasteiger partial charge in [0.05, 0.1) is 0 Å². The minimum absolute atomic E-state index is 0.730. The first-order valence-electron chi connectivity index (χ1n) is 6.10. The average molecular weight is 221 g/mol. The van der Waals surface area contributed by atoms with Crippen molar-refractivity contribution in [3.8, 4) is 0 Å².